The van der Waals surface area contributed by atoms with Crippen LogP contribution in [0.25, 0.3) is 0 Å². The zero-order valence-electron chi connectivity index (χ0n) is 9.84. The molecule has 5 heteroatoms. The third-order valence-electron chi connectivity index (χ3n) is 2.45. The molecule has 5 nitrogen and oxygen atoms in total. The molecular weight excluding hydrogens is 206 g/mol. The van der Waals surface area contributed by atoms with Crippen LogP contribution in [-0.4, -0.2) is 38.0 Å². The van der Waals surface area contributed by atoms with E-state index in [1.165, 1.54) is 0 Å². The number of carbonyl (C=O) groups is 2. The third-order valence-corrected chi connectivity index (χ3v) is 2.45. The number of hydrogen-bond donors (Lipinski definition) is 3. The molecule has 0 saturated heterocycles. The Labute approximate surface area is 96.4 Å². The molecule has 0 bridgehead atoms. The number of amides is 2. The van der Waals surface area contributed by atoms with Gasteiger partial charge in [0.15, 0.2) is 0 Å². The second-order valence-electron chi connectivity index (χ2n) is 4.02. The first-order valence-corrected chi connectivity index (χ1v) is 5.99. The van der Waals surface area contributed by atoms with Gasteiger partial charge < -0.3 is 16.0 Å². The fourth-order valence-electron chi connectivity index (χ4n) is 1.38. The van der Waals surface area contributed by atoms with Crippen molar-refractivity contribution < 1.29 is 9.59 Å². The highest BCUT2D eigenvalue weighted by Crippen LogP contribution is 2.28. The lowest BCUT2D eigenvalue weighted by Gasteiger charge is -2.06. The third kappa shape index (κ3) is 5.70. The lowest BCUT2D eigenvalue weighted by atomic mass is 10.4. The van der Waals surface area contributed by atoms with Gasteiger partial charge >= 0.3 is 0 Å². The SMILES string of the molecule is CCNC(=O)CCNCCNC(=O)C1CC1. The molecule has 1 aliphatic rings. The zero-order valence-corrected chi connectivity index (χ0v) is 9.84. The summed E-state index contributed by atoms with van der Waals surface area (Å²) in [7, 11) is 0. The Balaban J connectivity index is 1.84. The van der Waals surface area contributed by atoms with E-state index in [9.17, 15) is 9.59 Å². The van der Waals surface area contributed by atoms with Crippen LogP contribution in [0, 0.1) is 5.92 Å². The van der Waals surface area contributed by atoms with Crippen molar-refractivity contribution in [1.82, 2.24) is 16.0 Å². The largest absolute Gasteiger partial charge is 0.356 e. The summed E-state index contributed by atoms with van der Waals surface area (Å²) in [4.78, 5) is 22.3. The molecule has 0 heterocycles. The van der Waals surface area contributed by atoms with Gasteiger partial charge in [0.2, 0.25) is 11.8 Å². The average Bonchev–Trinajstić information content (AvgIpc) is 3.06. The minimum Gasteiger partial charge on any atom is -0.356 e. The topological polar surface area (TPSA) is 70.2 Å². The molecule has 92 valence electrons. The molecule has 16 heavy (non-hydrogen) atoms. The molecule has 0 aromatic rings. The standard InChI is InChI=1S/C11H21N3O2/c1-2-13-10(15)5-6-12-7-8-14-11(16)9-3-4-9/h9,12H,2-8H2,1H3,(H,13,15)(H,14,16). The van der Waals surface area contributed by atoms with Gasteiger partial charge in [0.1, 0.15) is 0 Å². The summed E-state index contributed by atoms with van der Waals surface area (Å²) in [5.41, 5.74) is 0. The molecule has 0 atom stereocenters. The van der Waals surface area contributed by atoms with Gasteiger partial charge in [0.25, 0.3) is 0 Å². The van der Waals surface area contributed by atoms with E-state index in [1.54, 1.807) is 0 Å². The van der Waals surface area contributed by atoms with E-state index in [2.05, 4.69) is 16.0 Å². The van der Waals surface area contributed by atoms with Crippen LogP contribution in [0.15, 0.2) is 0 Å². The van der Waals surface area contributed by atoms with E-state index in [0.29, 0.717) is 26.1 Å². The van der Waals surface area contributed by atoms with E-state index in [1.807, 2.05) is 6.92 Å². The van der Waals surface area contributed by atoms with Crippen molar-refractivity contribution in [2.45, 2.75) is 26.2 Å². The summed E-state index contributed by atoms with van der Waals surface area (Å²) < 4.78 is 0. The van der Waals surface area contributed by atoms with E-state index in [0.717, 1.165) is 19.4 Å². The molecule has 0 spiro atoms. The normalized spacial score (nSPS) is 14.6. The zero-order chi connectivity index (χ0) is 11.8. The molecule has 1 saturated carbocycles. The Hall–Kier alpha value is -1.10. The maximum atomic E-state index is 11.2. The minimum atomic E-state index is 0.0667. The van der Waals surface area contributed by atoms with Crippen LogP contribution in [0.3, 0.4) is 0 Å². The van der Waals surface area contributed by atoms with E-state index in [-0.39, 0.29) is 17.7 Å². The second kappa shape index (κ2) is 7.22. The van der Waals surface area contributed by atoms with Crippen LogP contribution >= 0.6 is 0 Å². The van der Waals surface area contributed by atoms with Crippen LogP contribution in [-0.2, 0) is 9.59 Å². The van der Waals surface area contributed by atoms with Crippen molar-refractivity contribution in [3.05, 3.63) is 0 Å². The molecule has 1 aliphatic carbocycles. The van der Waals surface area contributed by atoms with Crippen molar-refractivity contribution in [3.8, 4) is 0 Å². The summed E-state index contributed by atoms with van der Waals surface area (Å²) in [6.07, 6.45) is 2.57. The van der Waals surface area contributed by atoms with Crippen molar-refractivity contribution >= 4 is 11.8 Å². The predicted molar refractivity (Wildman–Crippen MR) is 61.9 cm³/mol. The molecule has 0 radical (unpaired) electrons. The lowest BCUT2D eigenvalue weighted by Crippen LogP contribution is -2.34. The van der Waals surface area contributed by atoms with Gasteiger partial charge in [0.05, 0.1) is 0 Å². The van der Waals surface area contributed by atoms with Crippen molar-refractivity contribution in [2.24, 2.45) is 5.92 Å². The van der Waals surface area contributed by atoms with Crippen molar-refractivity contribution in [3.63, 3.8) is 0 Å². The Morgan fingerprint density at radius 2 is 1.88 bits per heavy atom. The van der Waals surface area contributed by atoms with Crippen molar-refractivity contribution in [2.75, 3.05) is 26.2 Å². The number of nitrogens with one attached hydrogen (secondary N) is 3. The average molecular weight is 227 g/mol. The monoisotopic (exact) mass is 227 g/mol. The van der Waals surface area contributed by atoms with Gasteiger partial charge in [-0.1, -0.05) is 0 Å². The molecule has 1 fully saturated rings. The number of hydrogen-bond acceptors (Lipinski definition) is 3. The summed E-state index contributed by atoms with van der Waals surface area (Å²) in [6.45, 7) is 4.60. The first kappa shape index (κ1) is 13.0. The van der Waals surface area contributed by atoms with Crippen LogP contribution in [0.5, 0.6) is 0 Å². The molecule has 3 N–H and O–H groups in total. The molecule has 2 amide bonds. The number of rotatable bonds is 8. The Kier molecular flexibility index (Phi) is 5.85. The molecule has 1 rings (SSSR count). The second-order valence-corrected chi connectivity index (χ2v) is 4.02. The molecule has 0 aliphatic heterocycles. The van der Waals surface area contributed by atoms with Gasteiger partial charge in [-0.05, 0) is 19.8 Å². The van der Waals surface area contributed by atoms with Crippen LogP contribution in [0.4, 0.5) is 0 Å². The summed E-state index contributed by atoms with van der Waals surface area (Å²) in [5.74, 6) is 0.512. The van der Waals surface area contributed by atoms with Crippen LogP contribution in [0.2, 0.25) is 0 Å². The first-order valence-electron chi connectivity index (χ1n) is 5.99. The molecule has 0 unspecified atom stereocenters. The Bertz CT molecular complexity index is 239. The minimum absolute atomic E-state index is 0.0667. The summed E-state index contributed by atoms with van der Waals surface area (Å²) in [6, 6.07) is 0. The highest BCUT2D eigenvalue weighted by atomic mass is 16.2. The maximum Gasteiger partial charge on any atom is 0.223 e. The lowest BCUT2D eigenvalue weighted by molar-refractivity contribution is -0.122. The van der Waals surface area contributed by atoms with Gasteiger partial charge in [-0.15, -0.1) is 0 Å². The summed E-state index contributed by atoms with van der Waals surface area (Å²) in [5, 5.41) is 8.70. The molecule has 0 aromatic carbocycles. The fraction of sp³-hybridized carbons (Fsp3) is 0.818. The van der Waals surface area contributed by atoms with E-state index < -0.39 is 0 Å². The number of carbonyl (C=O) groups excluding carboxylic acids is 2. The Morgan fingerprint density at radius 3 is 2.50 bits per heavy atom. The van der Waals surface area contributed by atoms with Gasteiger partial charge in [-0.25, -0.2) is 0 Å². The van der Waals surface area contributed by atoms with Crippen molar-refractivity contribution in [1.29, 1.82) is 0 Å². The smallest absolute Gasteiger partial charge is 0.223 e. The molecule has 0 aromatic heterocycles. The Morgan fingerprint density at radius 1 is 1.12 bits per heavy atom. The fourth-order valence-corrected chi connectivity index (χ4v) is 1.38. The first-order chi connectivity index (χ1) is 7.74. The van der Waals surface area contributed by atoms with Gasteiger partial charge in [0, 0.05) is 38.5 Å². The van der Waals surface area contributed by atoms with Gasteiger partial charge in [-0.2, -0.15) is 0 Å². The maximum absolute atomic E-state index is 11.2. The quantitative estimate of drug-likeness (QED) is 0.495. The van der Waals surface area contributed by atoms with Crippen LogP contribution in [0.1, 0.15) is 26.2 Å². The highest BCUT2D eigenvalue weighted by Gasteiger charge is 2.28. The predicted octanol–water partition coefficient (Wildman–Crippen LogP) is -0.372. The van der Waals surface area contributed by atoms with Crippen LogP contribution < -0.4 is 16.0 Å². The summed E-state index contributed by atoms with van der Waals surface area (Å²) >= 11 is 0. The van der Waals surface area contributed by atoms with E-state index >= 15 is 0 Å². The van der Waals surface area contributed by atoms with E-state index in [4.69, 9.17) is 0 Å². The highest BCUT2D eigenvalue weighted by molar-refractivity contribution is 5.80. The van der Waals surface area contributed by atoms with Gasteiger partial charge in [-0.3, -0.25) is 9.59 Å². The molecular formula is C11H21N3O2.